The van der Waals surface area contributed by atoms with Gasteiger partial charge >= 0.3 is 6.03 Å². The Bertz CT molecular complexity index is 1340. The molecule has 2 fully saturated rings. The number of hydrogen-bond donors (Lipinski definition) is 1. The molecule has 2 atom stereocenters. The summed E-state index contributed by atoms with van der Waals surface area (Å²) in [6.45, 7) is 0.0250. The molecule has 0 unspecified atom stereocenters. The number of halogens is 2. The number of benzene rings is 3. The molecule has 2 aliphatic heterocycles. The highest BCUT2D eigenvalue weighted by molar-refractivity contribution is 5.92. The zero-order valence-electron chi connectivity index (χ0n) is 20.8. The molecule has 196 valence electrons. The number of carbonyl (C=O) groups excluding carboxylic acids is 3. The number of carbonyl (C=O) groups is 3. The lowest BCUT2D eigenvalue weighted by molar-refractivity contribution is -0.157. The maximum Gasteiger partial charge on any atom is 0.332 e. The van der Waals surface area contributed by atoms with Crippen LogP contribution in [0.4, 0.5) is 13.6 Å². The molecule has 2 heterocycles. The van der Waals surface area contributed by atoms with Crippen LogP contribution in [0.15, 0.2) is 78.9 Å². The predicted octanol–water partition coefficient (Wildman–Crippen LogP) is 3.28. The topological polar surface area (TPSA) is 76.2 Å². The maximum absolute atomic E-state index is 14.5. The van der Waals surface area contributed by atoms with Crippen molar-refractivity contribution in [2.75, 3.05) is 20.1 Å². The van der Waals surface area contributed by atoms with Crippen LogP contribution in [0.3, 0.4) is 0 Å². The van der Waals surface area contributed by atoms with Gasteiger partial charge in [0, 0.05) is 25.7 Å². The molecule has 0 aromatic heterocycles. The van der Waals surface area contributed by atoms with Crippen molar-refractivity contribution in [2.24, 2.45) is 0 Å². The third-order valence-corrected chi connectivity index (χ3v) is 6.91. The number of hydrazine groups is 1. The first-order chi connectivity index (χ1) is 18.3. The van der Waals surface area contributed by atoms with Crippen LogP contribution in [0.2, 0.25) is 0 Å². The molecule has 0 spiro atoms. The van der Waals surface area contributed by atoms with E-state index in [1.165, 1.54) is 14.8 Å². The highest BCUT2D eigenvalue weighted by atomic mass is 19.1. The van der Waals surface area contributed by atoms with E-state index in [1.807, 2.05) is 30.3 Å². The molecule has 0 radical (unpaired) electrons. The second-order valence-corrected chi connectivity index (χ2v) is 9.31. The van der Waals surface area contributed by atoms with Crippen LogP contribution >= 0.6 is 0 Å². The minimum absolute atomic E-state index is 0.0141. The third kappa shape index (κ3) is 4.95. The number of hydrogen-bond acceptors (Lipinski definition) is 4. The Kier molecular flexibility index (Phi) is 7.06. The fraction of sp³-hybridized carbons (Fsp3) is 0.250. The summed E-state index contributed by atoms with van der Waals surface area (Å²) < 4.78 is 28.4. The second kappa shape index (κ2) is 10.6. The number of amides is 4. The lowest BCUT2D eigenvalue weighted by atomic mass is 10.00. The Morgan fingerprint density at radius 3 is 2.39 bits per heavy atom. The number of nitrogens with zero attached hydrogens (tertiary/aromatic N) is 4. The van der Waals surface area contributed by atoms with Gasteiger partial charge in [-0.05, 0) is 29.3 Å². The molecule has 0 aliphatic carbocycles. The molecule has 2 saturated heterocycles. The van der Waals surface area contributed by atoms with Crippen molar-refractivity contribution in [3.8, 4) is 0 Å². The SMILES string of the molecule is CN(C(=O)NCc1ccccc1)N1CC(=O)N2[C@@H](c3ccccc3)C(=O)N(Cc3cc(F)ccc3F)C[C@@H]21. The number of piperazine rings is 1. The van der Waals surface area contributed by atoms with E-state index in [2.05, 4.69) is 5.32 Å². The molecular formula is C28H27F2N5O3. The summed E-state index contributed by atoms with van der Waals surface area (Å²) in [5.74, 6) is -1.95. The van der Waals surface area contributed by atoms with Crippen LogP contribution in [0.1, 0.15) is 22.7 Å². The molecule has 3 aromatic carbocycles. The van der Waals surface area contributed by atoms with Crippen molar-refractivity contribution in [3.63, 3.8) is 0 Å². The Balaban J connectivity index is 1.43. The summed E-state index contributed by atoms with van der Waals surface area (Å²) in [7, 11) is 1.56. The summed E-state index contributed by atoms with van der Waals surface area (Å²) in [5, 5.41) is 5.78. The van der Waals surface area contributed by atoms with E-state index in [1.54, 1.807) is 42.4 Å². The predicted molar refractivity (Wildman–Crippen MR) is 135 cm³/mol. The van der Waals surface area contributed by atoms with E-state index in [-0.39, 0.29) is 31.1 Å². The zero-order chi connectivity index (χ0) is 26.8. The Morgan fingerprint density at radius 1 is 1.00 bits per heavy atom. The van der Waals surface area contributed by atoms with Crippen molar-refractivity contribution in [2.45, 2.75) is 25.3 Å². The first kappa shape index (κ1) is 25.3. The Morgan fingerprint density at radius 2 is 1.68 bits per heavy atom. The van der Waals surface area contributed by atoms with Crippen LogP contribution in [0.25, 0.3) is 0 Å². The summed E-state index contributed by atoms with van der Waals surface area (Å²) >= 11 is 0. The molecule has 2 aliphatic rings. The van der Waals surface area contributed by atoms with Gasteiger partial charge in [0.25, 0.3) is 5.91 Å². The molecule has 1 N–H and O–H groups in total. The first-order valence-corrected chi connectivity index (χ1v) is 12.2. The van der Waals surface area contributed by atoms with Crippen molar-refractivity contribution < 1.29 is 23.2 Å². The molecule has 0 saturated carbocycles. The molecule has 38 heavy (non-hydrogen) atoms. The van der Waals surface area contributed by atoms with E-state index >= 15 is 0 Å². The van der Waals surface area contributed by atoms with Crippen LogP contribution in [-0.4, -0.2) is 64.0 Å². The zero-order valence-corrected chi connectivity index (χ0v) is 20.8. The van der Waals surface area contributed by atoms with Gasteiger partial charge in [0.1, 0.15) is 23.8 Å². The summed E-state index contributed by atoms with van der Waals surface area (Å²) in [6, 6.07) is 20.0. The van der Waals surface area contributed by atoms with Crippen molar-refractivity contribution in [1.82, 2.24) is 25.1 Å². The average molecular weight is 520 g/mol. The molecule has 0 bridgehead atoms. The van der Waals surface area contributed by atoms with Gasteiger partial charge in [-0.15, -0.1) is 0 Å². The van der Waals surface area contributed by atoms with E-state index in [9.17, 15) is 23.2 Å². The standard InChI is InChI=1S/C28H27F2N5O3/c1-32(28(38)31-15-19-8-4-2-5-9-19)34-18-25(36)35-24(34)17-33(16-21-14-22(29)12-13-23(21)30)27(37)26(35)20-10-6-3-7-11-20/h2-14,24,26H,15-18H2,1H3,(H,31,38)/t24-,26+/m1/s1. The highest BCUT2D eigenvalue weighted by Crippen LogP contribution is 2.36. The summed E-state index contributed by atoms with van der Waals surface area (Å²) in [5.41, 5.74) is 1.55. The molecule has 5 rings (SSSR count). The monoisotopic (exact) mass is 519 g/mol. The largest absolute Gasteiger partial charge is 0.333 e. The quantitative estimate of drug-likeness (QED) is 0.543. The number of urea groups is 1. The number of rotatable bonds is 6. The summed E-state index contributed by atoms with van der Waals surface area (Å²) in [4.78, 5) is 42.9. The van der Waals surface area contributed by atoms with Crippen LogP contribution in [0, 0.1) is 11.6 Å². The van der Waals surface area contributed by atoms with Crippen molar-refractivity contribution >= 4 is 17.8 Å². The maximum atomic E-state index is 14.5. The van der Waals surface area contributed by atoms with Gasteiger partial charge in [-0.2, -0.15) is 5.01 Å². The smallest absolute Gasteiger partial charge is 0.332 e. The van der Waals surface area contributed by atoms with E-state index in [0.29, 0.717) is 12.1 Å². The van der Waals surface area contributed by atoms with Gasteiger partial charge in [-0.3, -0.25) is 14.6 Å². The fourth-order valence-corrected chi connectivity index (χ4v) is 4.97. The molecule has 4 amide bonds. The van der Waals surface area contributed by atoms with Crippen molar-refractivity contribution in [3.05, 3.63) is 107 Å². The van der Waals surface area contributed by atoms with E-state index < -0.39 is 35.8 Å². The van der Waals surface area contributed by atoms with Gasteiger partial charge in [-0.1, -0.05) is 60.7 Å². The van der Waals surface area contributed by atoms with Gasteiger partial charge in [0.15, 0.2) is 0 Å². The highest BCUT2D eigenvalue weighted by Gasteiger charge is 2.52. The average Bonchev–Trinajstić information content (AvgIpc) is 3.25. The van der Waals surface area contributed by atoms with Crippen molar-refractivity contribution in [1.29, 1.82) is 0 Å². The third-order valence-electron chi connectivity index (χ3n) is 6.91. The molecule has 3 aromatic rings. The van der Waals surface area contributed by atoms with Gasteiger partial charge in [0.05, 0.1) is 13.1 Å². The minimum atomic E-state index is -0.968. The molecule has 8 nitrogen and oxygen atoms in total. The molecular weight excluding hydrogens is 492 g/mol. The lowest BCUT2D eigenvalue weighted by Gasteiger charge is -2.45. The minimum Gasteiger partial charge on any atom is -0.333 e. The Labute approximate surface area is 219 Å². The lowest BCUT2D eigenvalue weighted by Crippen LogP contribution is -2.62. The van der Waals surface area contributed by atoms with Crippen LogP contribution < -0.4 is 5.32 Å². The van der Waals surface area contributed by atoms with Crippen LogP contribution in [-0.2, 0) is 22.7 Å². The first-order valence-electron chi connectivity index (χ1n) is 12.2. The summed E-state index contributed by atoms with van der Waals surface area (Å²) in [6.07, 6.45) is -0.686. The Hall–Kier alpha value is -4.31. The van der Waals surface area contributed by atoms with Crippen LogP contribution in [0.5, 0.6) is 0 Å². The van der Waals surface area contributed by atoms with Gasteiger partial charge < -0.3 is 15.1 Å². The van der Waals surface area contributed by atoms with Gasteiger partial charge in [0.2, 0.25) is 5.91 Å². The van der Waals surface area contributed by atoms with Gasteiger partial charge in [-0.25, -0.2) is 13.6 Å². The van der Waals surface area contributed by atoms with E-state index in [0.717, 1.165) is 23.8 Å². The number of fused-ring (bicyclic) bond motifs is 1. The number of nitrogens with one attached hydrogen (secondary N) is 1. The van der Waals surface area contributed by atoms with E-state index in [4.69, 9.17) is 0 Å². The fourth-order valence-electron chi connectivity index (χ4n) is 4.97. The molecule has 10 heteroatoms. The normalized spacial score (nSPS) is 19.4. The second-order valence-electron chi connectivity index (χ2n) is 9.31.